The minimum Gasteiger partial charge on any atom is -0.390 e. The molecule has 2 atom stereocenters. The molecule has 0 aromatic heterocycles. The van der Waals surface area contributed by atoms with Crippen LogP contribution in [0.15, 0.2) is 0 Å². The molecule has 2 N–H and O–H groups in total. The van der Waals surface area contributed by atoms with Crippen LogP contribution in [0.25, 0.3) is 0 Å². The Labute approximate surface area is 88.3 Å². The van der Waals surface area contributed by atoms with E-state index in [0.29, 0.717) is 0 Å². The van der Waals surface area contributed by atoms with Crippen LogP contribution in [0.3, 0.4) is 0 Å². The molecule has 0 fully saturated rings. The molecule has 0 amide bonds. The van der Waals surface area contributed by atoms with E-state index in [-0.39, 0.29) is 0 Å². The Morgan fingerprint density at radius 1 is 0.714 bits per heavy atom. The van der Waals surface area contributed by atoms with Gasteiger partial charge in [-0.25, -0.2) is 0 Å². The lowest BCUT2D eigenvalue weighted by Crippen LogP contribution is -2.25. The number of aliphatic hydroxyl groups is 2. The second kappa shape index (κ2) is 9.47. The van der Waals surface area contributed by atoms with E-state index in [1.54, 1.807) is 0 Å². The zero-order valence-corrected chi connectivity index (χ0v) is 9.71. The van der Waals surface area contributed by atoms with Crippen LogP contribution >= 0.6 is 0 Å². The van der Waals surface area contributed by atoms with Crippen LogP contribution in [0.2, 0.25) is 0 Å². The molecule has 0 aromatic rings. The van der Waals surface area contributed by atoms with Crippen LogP contribution in [0, 0.1) is 0 Å². The van der Waals surface area contributed by atoms with Crippen LogP contribution < -0.4 is 0 Å². The number of rotatable bonds is 9. The summed E-state index contributed by atoms with van der Waals surface area (Å²) >= 11 is 0. The third-order valence-corrected chi connectivity index (χ3v) is 2.65. The maximum atomic E-state index is 9.59. The molecule has 2 heteroatoms. The second-order valence-electron chi connectivity index (χ2n) is 4.13. The van der Waals surface area contributed by atoms with Crippen molar-refractivity contribution in [1.82, 2.24) is 0 Å². The Hall–Kier alpha value is -0.0800. The summed E-state index contributed by atoms with van der Waals surface area (Å²) in [5, 5.41) is 19.2. The summed E-state index contributed by atoms with van der Waals surface area (Å²) in [6.45, 7) is 4.29. The smallest absolute Gasteiger partial charge is 0.0799 e. The predicted molar refractivity (Wildman–Crippen MR) is 60.3 cm³/mol. The van der Waals surface area contributed by atoms with Crippen molar-refractivity contribution < 1.29 is 10.2 Å². The van der Waals surface area contributed by atoms with Gasteiger partial charge >= 0.3 is 0 Å². The molecule has 0 aliphatic heterocycles. The lowest BCUT2D eigenvalue weighted by Gasteiger charge is -2.17. The van der Waals surface area contributed by atoms with Gasteiger partial charge in [0.1, 0.15) is 0 Å². The minimum absolute atomic E-state index is 0.501. The van der Waals surface area contributed by atoms with Gasteiger partial charge < -0.3 is 10.2 Å². The van der Waals surface area contributed by atoms with Crippen LogP contribution in [-0.4, -0.2) is 22.4 Å². The highest BCUT2D eigenvalue weighted by atomic mass is 16.3. The largest absolute Gasteiger partial charge is 0.390 e. The summed E-state index contributed by atoms with van der Waals surface area (Å²) in [6.07, 6.45) is 7.19. The van der Waals surface area contributed by atoms with Gasteiger partial charge in [0.05, 0.1) is 12.2 Å². The molecular formula is C12H26O2. The quantitative estimate of drug-likeness (QED) is 0.564. The summed E-state index contributed by atoms with van der Waals surface area (Å²) in [5.74, 6) is 0. The molecule has 0 radical (unpaired) electrons. The first-order valence-corrected chi connectivity index (χ1v) is 6.08. The Balaban J connectivity index is 3.39. The number of hydrogen-bond donors (Lipinski definition) is 2. The standard InChI is InChI=1S/C12H26O2/c1-3-5-7-9-11(13)12(14)10-8-6-4-2/h11-14H,3-10H2,1-2H3/t11-,12+. The van der Waals surface area contributed by atoms with E-state index in [9.17, 15) is 10.2 Å². The van der Waals surface area contributed by atoms with Crippen LogP contribution in [0.5, 0.6) is 0 Å². The molecule has 0 aliphatic rings. The predicted octanol–water partition coefficient (Wildman–Crippen LogP) is 2.87. The summed E-state index contributed by atoms with van der Waals surface area (Å²) in [7, 11) is 0. The highest BCUT2D eigenvalue weighted by molar-refractivity contribution is 4.67. The van der Waals surface area contributed by atoms with Gasteiger partial charge in [-0.1, -0.05) is 52.4 Å². The third-order valence-electron chi connectivity index (χ3n) is 2.65. The van der Waals surface area contributed by atoms with E-state index in [0.717, 1.165) is 38.5 Å². The monoisotopic (exact) mass is 202 g/mol. The lowest BCUT2D eigenvalue weighted by molar-refractivity contribution is 0.00725. The fraction of sp³-hybridized carbons (Fsp3) is 1.00. The molecule has 0 spiro atoms. The molecule has 14 heavy (non-hydrogen) atoms. The van der Waals surface area contributed by atoms with Gasteiger partial charge in [-0.2, -0.15) is 0 Å². The van der Waals surface area contributed by atoms with Gasteiger partial charge in [0.15, 0.2) is 0 Å². The molecule has 0 bridgehead atoms. The van der Waals surface area contributed by atoms with E-state index < -0.39 is 12.2 Å². The van der Waals surface area contributed by atoms with Crippen molar-refractivity contribution in [3.8, 4) is 0 Å². The molecule has 0 rings (SSSR count). The second-order valence-corrected chi connectivity index (χ2v) is 4.13. The van der Waals surface area contributed by atoms with Gasteiger partial charge in [-0.05, 0) is 12.8 Å². The Bertz CT molecular complexity index is 101. The van der Waals surface area contributed by atoms with E-state index in [2.05, 4.69) is 13.8 Å². The number of aliphatic hydroxyl groups excluding tert-OH is 2. The summed E-state index contributed by atoms with van der Waals surface area (Å²) in [6, 6.07) is 0. The van der Waals surface area contributed by atoms with E-state index >= 15 is 0 Å². The van der Waals surface area contributed by atoms with Gasteiger partial charge in [0.25, 0.3) is 0 Å². The Morgan fingerprint density at radius 2 is 1.07 bits per heavy atom. The molecule has 2 nitrogen and oxygen atoms in total. The zero-order chi connectivity index (χ0) is 10.8. The van der Waals surface area contributed by atoms with E-state index in [1.165, 1.54) is 12.8 Å². The van der Waals surface area contributed by atoms with Gasteiger partial charge in [-0.3, -0.25) is 0 Å². The SMILES string of the molecule is CCCCC[C@@H](O)[C@@H](O)CCCCC. The molecule has 0 aliphatic carbocycles. The fourth-order valence-corrected chi connectivity index (χ4v) is 1.59. The zero-order valence-electron chi connectivity index (χ0n) is 9.71. The average Bonchev–Trinajstić information content (AvgIpc) is 2.18. The van der Waals surface area contributed by atoms with Gasteiger partial charge in [0.2, 0.25) is 0 Å². The van der Waals surface area contributed by atoms with Crippen LogP contribution in [0.4, 0.5) is 0 Å². The number of unbranched alkanes of at least 4 members (excludes halogenated alkanes) is 4. The van der Waals surface area contributed by atoms with Crippen molar-refractivity contribution >= 4 is 0 Å². The topological polar surface area (TPSA) is 40.5 Å². The maximum absolute atomic E-state index is 9.59. The van der Waals surface area contributed by atoms with Crippen molar-refractivity contribution in [2.24, 2.45) is 0 Å². The molecule has 0 saturated carbocycles. The molecule has 0 unspecified atom stereocenters. The van der Waals surface area contributed by atoms with Crippen molar-refractivity contribution in [1.29, 1.82) is 0 Å². The Kier molecular flexibility index (Phi) is 9.42. The Morgan fingerprint density at radius 3 is 1.36 bits per heavy atom. The summed E-state index contributed by atoms with van der Waals surface area (Å²) in [5.41, 5.74) is 0. The highest BCUT2D eigenvalue weighted by Gasteiger charge is 2.14. The first-order valence-electron chi connectivity index (χ1n) is 6.08. The van der Waals surface area contributed by atoms with Crippen LogP contribution in [0.1, 0.15) is 65.2 Å². The average molecular weight is 202 g/mol. The third kappa shape index (κ3) is 7.34. The maximum Gasteiger partial charge on any atom is 0.0799 e. The van der Waals surface area contributed by atoms with Crippen molar-refractivity contribution in [3.63, 3.8) is 0 Å². The molecule has 0 aromatic carbocycles. The van der Waals surface area contributed by atoms with Crippen molar-refractivity contribution in [2.75, 3.05) is 0 Å². The van der Waals surface area contributed by atoms with Crippen LogP contribution in [-0.2, 0) is 0 Å². The highest BCUT2D eigenvalue weighted by Crippen LogP contribution is 2.12. The lowest BCUT2D eigenvalue weighted by atomic mass is 10.0. The van der Waals surface area contributed by atoms with Crippen molar-refractivity contribution in [3.05, 3.63) is 0 Å². The molecule has 86 valence electrons. The summed E-state index contributed by atoms with van der Waals surface area (Å²) < 4.78 is 0. The van der Waals surface area contributed by atoms with Gasteiger partial charge in [0, 0.05) is 0 Å². The molecule has 0 saturated heterocycles. The normalized spacial score (nSPS) is 15.4. The molecular weight excluding hydrogens is 176 g/mol. The van der Waals surface area contributed by atoms with Crippen molar-refractivity contribution in [2.45, 2.75) is 77.4 Å². The molecule has 0 heterocycles. The first kappa shape index (κ1) is 13.9. The number of hydrogen-bond acceptors (Lipinski definition) is 2. The first-order chi connectivity index (χ1) is 6.72. The summed E-state index contributed by atoms with van der Waals surface area (Å²) in [4.78, 5) is 0. The van der Waals surface area contributed by atoms with E-state index in [4.69, 9.17) is 0 Å². The van der Waals surface area contributed by atoms with Gasteiger partial charge in [-0.15, -0.1) is 0 Å². The van der Waals surface area contributed by atoms with E-state index in [1.807, 2.05) is 0 Å². The minimum atomic E-state index is -0.501. The fourth-order valence-electron chi connectivity index (χ4n) is 1.59.